The van der Waals surface area contributed by atoms with E-state index in [9.17, 15) is 4.79 Å². The van der Waals surface area contributed by atoms with Crippen molar-refractivity contribution in [1.29, 1.82) is 0 Å². The van der Waals surface area contributed by atoms with Crippen LogP contribution in [0.5, 0.6) is 11.5 Å². The lowest BCUT2D eigenvalue weighted by atomic mass is 10.1. The highest BCUT2D eigenvalue weighted by Gasteiger charge is 2.25. The fourth-order valence-electron chi connectivity index (χ4n) is 1.72. The molecule has 0 amide bonds. The maximum atomic E-state index is 11.9. The van der Waals surface area contributed by atoms with Crippen LogP contribution in [0.25, 0.3) is 0 Å². The SMILES string of the molecule is CCOC(=O)C(Oc1cccc(OC(C)C)c1)C(C)C. The van der Waals surface area contributed by atoms with Crippen LogP contribution in [0.4, 0.5) is 0 Å². The predicted molar refractivity (Wildman–Crippen MR) is 78.1 cm³/mol. The molecule has 1 unspecified atom stereocenters. The van der Waals surface area contributed by atoms with Gasteiger partial charge in [-0.2, -0.15) is 0 Å². The fourth-order valence-corrected chi connectivity index (χ4v) is 1.72. The Labute approximate surface area is 121 Å². The highest BCUT2D eigenvalue weighted by molar-refractivity contribution is 5.75. The summed E-state index contributed by atoms with van der Waals surface area (Å²) in [6, 6.07) is 7.30. The van der Waals surface area contributed by atoms with Crippen molar-refractivity contribution in [3.05, 3.63) is 24.3 Å². The van der Waals surface area contributed by atoms with E-state index in [1.165, 1.54) is 0 Å². The number of ether oxygens (including phenoxy) is 3. The second-order valence-electron chi connectivity index (χ2n) is 5.18. The highest BCUT2D eigenvalue weighted by atomic mass is 16.6. The van der Waals surface area contributed by atoms with Crippen molar-refractivity contribution in [2.24, 2.45) is 5.92 Å². The van der Waals surface area contributed by atoms with Gasteiger partial charge in [-0.25, -0.2) is 4.79 Å². The zero-order chi connectivity index (χ0) is 15.1. The number of benzene rings is 1. The summed E-state index contributed by atoms with van der Waals surface area (Å²) in [7, 11) is 0. The van der Waals surface area contributed by atoms with Gasteiger partial charge in [0.2, 0.25) is 0 Å². The molecule has 0 aromatic heterocycles. The summed E-state index contributed by atoms with van der Waals surface area (Å²) in [5, 5.41) is 0. The van der Waals surface area contributed by atoms with Crippen molar-refractivity contribution >= 4 is 5.97 Å². The first-order valence-electron chi connectivity index (χ1n) is 7.04. The molecule has 0 bridgehead atoms. The number of carbonyl (C=O) groups is 1. The Kier molecular flexibility index (Phi) is 6.36. The summed E-state index contributed by atoms with van der Waals surface area (Å²) in [5.41, 5.74) is 0. The largest absolute Gasteiger partial charge is 0.491 e. The molecule has 0 heterocycles. The third-order valence-corrected chi connectivity index (χ3v) is 2.56. The number of carbonyl (C=O) groups excluding carboxylic acids is 1. The van der Waals surface area contributed by atoms with Gasteiger partial charge in [-0.15, -0.1) is 0 Å². The molecule has 0 radical (unpaired) electrons. The van der Waals surface area contributed by atoms with Gasteiger partial charge in [-0.3, -0.25) is 0 Å². The summed E-state index contributed by atoms with van der Waals surface area (Å²) in [6.07, 6.45) is -0.513. The molecule has 112 valence electrons. The van der Waals surface area contributed by atoms with Gasteiger partial charge in [-0.1, -0.05) is 19.9 Å². The molecule has 0 N–H and O–H groups in total. The average Bonchev–Trinajstić information content (AvgIpc) is 2.35. The first-order valence-corrected chi connectivity index (χ1v) is 7.04. The second kappa shape index (κ2) is 7.78. The van der Waals surface area contributed by atoms with Gasteiger partial charge in [0.25, 0.3) is 0 Å². The second-order valence-corrected chi connectivity index (χ2v) is 5.18. The third-order valence-electron chi connectivity index (χ3n) is 2.56. The van der Waals surface area contributed by atoms with E-state index in [4.69, 9.17) is 14.2 Å². The molecule has 1 aromatic carbocycles. The van der Waals surface area contributed by atoms with Crippen LogP contribution in [0.3, 0.4) is 0 Å². The van der Waals surface area contributed by atoms with Gasteiger partial charge in [0, 0.05) is 12.0 Å². The van der Waals surface area contributed by atoms with Gasteiger partial charge in [0.05, 0.1) is 12.7 Å². The number of esters is 1. The molecule has 0 aliphatic carbocycles. The van der Waals surface area contributed by atoms with E-state index in [0.717, 1.165) is 5.75 Å². The number of hydrogen-bond acceptors (Lipinski definition) is 4. The Morgan fingerprint density at radius 2 is 1.70 bits per heavy atom. The van der Waals surface area contributed by atoms with Crippen LogP contribution >= 0.6 is 0 Å². The van der Waals surface area contributed by atoms with Gasteiger partial charge in [0.15, 0.2) is 6.10 Å². The third kappa shape index (κ3) is 5.11. The first-order chi connectivity index (χ1) is 9.43. The normalized spacial score (nSPS) is 12.3. The minimum Gasteiger partial charge on any atom is -0.491 e. The van der Waals surface area contributed by atoms with E-state index >= 15 is 0 Å². The van der Waals surface area contributed by atoms with Crippen molar-refractivity contribution < 1.29 is 19.0 Å². The zero-order valence-electron chi connectivity index (χ0n) is 12.9. The van der Waals surface area contributed by atoms with Gasteiger partial charge in [-0.05, 0) is 32.9 Å². The summed E-state index contributed by atoms with van der Waals surface area (Å²) in [5.74, 6) is 1.03. The number of rotatable bonds is 7. The average molecular weight is 280 g/mol. The minimum atomic E-state index is -0.607. The molecule has 4 nitrogen and oxygen atoms in total. The minimum absolute atomic E-state index is 0.0312. The van der Waals surface area contributed by atoms with Crippen molar-refractivity contribution in [3.63, 3.8) is 0 Å². The molecule has 0 saturated heterocycles. The molecule has 0 spiro atoms. The Morgan fingerprint density at radius 1 is 1.10 bits per heavy atom. The predicted octanol–water partition coefficient (Wildman–Crippen LogP) is 3.44. The van der Waals surface area contributed by atoms with Crippen molar-refractivity contribution in [3.8, 4) is 11.5 Å². The van der Waals surface area contributed by atoms with Crippen LogP contribution in [0, 0.1) is 5.92 Å². The lowest BCUT2D eigenvalue weighted by molar-refractivity contribution is -0.153. The molecule has 4 heteroatoms. The summed E-state index contributed by atoms with van der Waals surface area (Å²) >= 11 is 0. The van der Waals surface area contributed by atoms with Gasteiger partial charge >= 0.3 is 5.97 Å². The zero-order valence-corrected chi connectivity index (χ0v) is 12.9. The van der Waals surface area contributed by atoms with E-state index in [2.05, 4.69) is 0 Å². The van der Waals surface area contributed by atoms with Crippen LogP contribution in [0.15, 0.2) is 24.3 Å². The molecule has 20 heavy (non-hydrogen) atoms. The van der Waals surface area contributed by atoms with E-state index in [1.54, 1.807) is 13.0 Å². The smallest absolute Gasteiger partial charge is 0.347 e. The van der Waals surface area contributed by atoms with E-state index in [1.807, 2.05) is 45.9 Å². The quantitative estimate of drug-likeness (QED) is 0.718. The Bertz CT molecular complexity index is 426. The molecule has 0 aliphatic heterocycles. The summed E-state index contributed by atoms with van der Waals surface area (Å²) < 4.78 is 16.4. The Balaban J connectivity index is 2.80. The van der Waals surface area contributed by atoms with Gasteiger partial charge in [0.1, 0.15) is 11.5 Å². The summed E-state index contributed by atoms with van der Waals surface area (Å²) in [4.78, 5) is 11.9. The molecule has 0 fully saturated rings. The highest BCUT2D eigenvalue weighted by Crippen LogP contribution is 2.23. The lowest BCUT2D eigenvalue weighted by Crippen LogP contribution is -2.34. The maximum absolute atomic E-state index is 11.9. The van der Waals surface area contributed by atoms with Crippen LogP contribution in [0.1, 0.15) is 34.6 Å². The monoisotopic (exact) mass is 280 g/mol. The number of hydrogen-bond donors (Lipinski definition) is 0. The molecule has 1 aromatic rings. The first kappa shape index (κ1) is 16.3. The van der Waals surface area contributed by atoms with Crippen LogP contribution in [-0.2, 0) is 9.53 Å². The fraction of sp³-hybridized carbons (Fsp3) is 0.562. The molecule has 1 atom stereocenters. The Hall–Kier alpha value is -1.71. The molecule has 0 aliphatic rings. The van der Waals surface area contributed by atoms with Crippen LogP contribution in [-0.4, -0.2) is 24.8 Å². The lowest BCUT2D eigenvalue weighted by Gasteiger charge is -2.21. The van der Waals surface area contributed by atoms with E-state index in [0.29, 0.717) is 12.4 Å². The molecular formula is C16H24O4. The van der Waals surface area contributed by atoms with E-state index in [-0.39, 0.29) is 18.0 Å². The molecule has 1 rings (SSSR count). The van der Waals surface area contributed by atoms with Crippen molar-refractivity contribution in [1.82, 2.24) is 0 Å². The Morgan fingerprint density at radius 3 is 2.20 bits per heavy atom. The van der Waals surface area contributed by atoms with Crippen molar-refractivity contribution in [2.75, 3.05) is 6.61 Å². The van der Waals surface area contributed by atoms with Crippen LogP contribution in [0.2, 0.25) is 0 Å². The molecule has 0 saturated carbocycles. The maximum Gasteiger partial charge on any atom is 0.347 e. The topological polar surface area (TPSA) is 44.8 Å². The van der Waals surface area contributed by atoms with Gasteiger partial charge < -0.3 is 14.2 Å². The molecular weight excluding hydrogens is 256 g/mol. The summed E-state index contributed by atoms with van der Waals surface area (Å²) in [6.45, 7) is 9.91. The standard InChI is InChI=1S/C16H24O4/c1-6-18-16(17)15(11(2)3)20-14-9-7-8-13(10-14)19-12(4)5/h7-12,15H,6H2,1-5H3. The van der Waals surface area contributed by atoms with Crippen LogP contribution < -0.4 is 9.47 Å². The van der Waals surface area contributed by atoms with Crippen molar-refractivity contribution in [2.45, 2.75) is 46.8 Å². The van der Waals surface area contributed by atoms with E-state index < -0.39 is 6.10 Å².